The normalized spacial score (nSPS) is 51.2. The van der Waals surface area contributed by atoms with Gasteiger partial charge in [0, 0.05) is 5.57 Å². The van der Waals surface area contributed by atoms with Crippen molar-refractivity contribution in [1.29, 1.82) is 0 Å². The molecule has 0 radical (unpaired) electrons. The summed E-state index contributed by atoms with van der Waals surface area (Å²) in [5.74, 6) is -2.83. The van der Waals surface area contributed by atoms with Crippen LogP contribution in [0.15, 0.2) is 36.0 Å². The highest BCUT2D eigenvalue weighted by Crippen LogP contribution is 2.76. The number of fused-ring (bicyclic) bond motifs is 7. The monoisotopic (exact) mass is 1800 g/mol. The van der Waals surface area contributed by atoms with Gasteiger partial charge in [-0.05, 0) is 136 Å². The third-order valence-corrected chi connectivity index (χ3v) is 30.3. The number of hydrogen-bond acceptors (Lipinski definition) is 41. The van der Waals surface area contributed by atoms with Crippen LogP contribution in [0, 0.1) is 50.2 Å². The molecule has 41 heteroatoms. The number of allylic oxidation sites excluding steroid dienone is 3. The molecule has 0 amide bonds. The second-order valence-electron chi connectivity index (χ2n) is 39.2. The van der Waals surface area contributed by atoms with Crippen LogP contribution in [0.2, 0.25) is 0 Å². The van der Waals surface area contributed by atoms with Crippen molar-refractivity contribution in [2.24, 2.45) is 50.2 Å². The Morgan fingerprint density at radius 1 is 0.504 bits per heavy atom. The van der Waals surface area contributed by atoms with Crippen LogP contribution >= 0.6 is 0 Å². The first-order valence-electron chi connectivity index (χ1n) is 43.6. The van der Waals surface area contributed by atoms with Crippen molar-refractivity contribution in [2.45, 2.75) is 379 Å². The molecule has 8 aliphatic heterocycles. The lowest BCUT2D eigenvalue weighted by Crippen LogP contribution is -2.69. The molecule has 125 heavy (non-hydrogen) atoms. The largest absolute Gasteiger partial charge is 0.459 e. The average Bonchev–Trinajstić information content (AvgIpc) is 0.669. The molecule has 13 aliphatic rings. The second kappa shape index (κ2) is 38.6. The maximum atomic E-state index is 16.4. The quantitative estimate of drug-likeness (QED) is 0.0175. The Labute approximate surface area is 723 Å². The first kappa shape index (κ1) is 99.2. The number of carbonyl (C=O) groups excluding carboxylic acids is 2. The van der Waals surface area contributed by atoms with Gasteiger partial charge in [0.05, 0.1) is 63.6 Å². The molecule has 0 aromatic carbocycles. The standard InChI is InChI=1S/C84H134O41/c1-12-80(8,108)19-13-14-33(2)68(106)109-31-42-53(96)56(99)66(124-75-67(123-73-60(103)54(97)51(94)41(26-85)116-73)61(104)63(34(3)115-75)120-71-62(105)64(40(89)30-112-71)121-69-57(100)48(91)37(86)27-110-69)76(118-42)125-77(107)84-23-22-78(4,5)24-36(84)35-15-16-45-81(9)20-18-47(79(6,7)44(81)17-21-82(45,10)83(35,11)25-46(84)90)119-72-59(102)55(98)52(95)43(117-72)32-114-74-65(50(93)39(88)29-113-74)122-70-58(101)49(92)38(87)28-111-70/h12,14-15,34,36-67,69-76,85-105,108H,1,13,16-32H2,2-11H3/b33-14+/t34-,36?,37+,38+,39-,40+,41+,42+,43+,44?,45?,46+,47-,48-,49-,50-,51-,52+,53+,54-,55-,56-,57+,58+,59+,60+,61+,62+,63-,64-,65+,66+,67+,69+,70-,71-,72-,73-,74-,75-,76-,80?,81-,82+,83+,84+/m0/s1. The number of ether oxygens (including phenoxy) is 17. The van der Waals surface area contributed by atoms with Crippen molar-refractivity contribution in [3.05, 3.63) is 36.0 Å². The highest BCUT2D eigenvalue weighted by molar-refractivity contribution is 5.87. The van der Waals surface area contributed by atoms with Gasteiger partial charge in [-0.2, -0.15) is 0 Å². The number of aliphatic hydroxyl groups excluding tert-OH is 21. The van der Waals surface area contributed by atoms with Gasteiger partial charge in [0.15, 0.2) is 50.1 Å². The number of aliphatic hydroxyl groups is 22. The van der Waals surface area contributed by atoms with E-state index in [2.05, 4.69) is 61.1 Å². The first-order chi connectivity index (χ1) is 58.6. The fourth-order valence-electron chi connectivity index (χ4n) is 22.3. The van der Waals surface area contributed by atoms with Gasteiger partial charge in [-0.15, -0.1) is 6.58 Å². The van der Waals surface area contributed by atoms with Crippen LogP contribution in [0.1, 0.15) is 140 Å². The SMILES string of the molecule is C=CC(C)(O)CC/C=C(\C)C(=O)OC[C@H]1O[C@@H](OC(=O)[C@]23CCC(C)(C)CC2C2=CCC4[C@@]5(C)CC[C@H](O[C@@H]6O[C@H](CO[C@@H]7OC[C@H](O)[C@H](O)[C@H]7O[C@@H]7OC[C@@H](O)[C@H](O)[C@H]7O)[C@@H](O)[C@H](O)[C@H]6O)C(C)(C)C5CC[C@@]4(C)[C@]2(C)C[C@H]3O)[C@H](O[C@@H]2O[C@@H](C)[C@H](O[C@@H]3OC[C@@H](O)[C@H](O[C@H]4OC[C@@H](O)[C@H](O)[C@H]4O)[C@H]3O)[C@@H](O)[C@H]2O[C@@H]2O[C@H](CO)[C@H](O)[C@H](O)[C@H]2O)[C@@H](O)[C@@H]1O. The minimum Gasteiger partial charge on any atom is -0.459 e. The molecule has 13 rings (SSSR count). The van der Waals surface area contributed by atoms with Gasteiger partial charge in [-0.25, -0.2) is 4.79 Å². The average molecular weight is 1800 g/mol. The molecule has 716 valence electrons. The van der Waals surface area contributed by atoms with Gasteiger partial charge in [0.2, 0.25) is 6.29 Å². The molecule has 0 spiro atoms. The molecule has 46 atom stereocenters. The Morgan fingerprint density at radius 2 is 1.01 bits per heavy atom. The maximum absolute atomic E-state index is 16.4. The number of hydrogen-bond donors (Lipinski definition) is 22. The van der Waals surface area contributed by atoms with E-state index in [9.17, 15) is 117 Å². The van der Waals surface area contributed by atoms with Crippen molar-refractivity contribution in [3.8, 4) is 0 Å². The molecule has 41 nitrogen and oxygen atoms in total. The fraction of sp³-hybridized carbons (Fsp3) is 0.905. The van der Waals surface area contributed by atoms with E-state index in [1.807, 2.05) is 0 Å². The lowest BCUT2D eigenvalue weighted by Gasteiger charge is -2.71. The van der Waals surface area contributed by atoms with Crippen molar-refractivity contribution in [2.75, 3.05) is 46.2 Å². The summed E-state index contributed by atoms with van der Waals surface area (Å²) in [6, 6.07) is 0. The predicted molar refractivity (Wildman–Crippen MR) is 417 cm³/mol. The Morgan fingerprint density at radius 3 is 1.63 bits per heavy atom. The second-order valence-corrected chi connectivity index (χ2v) is 39.2. The molecule has 12 fully saturated rings. The van der Waals surface area contributed by atoms with Crippen LogP contribution in [0.3, 0.4) is 0 Å². The summed E-state index contributed by atoms with van der Waals surface area (Å²) in [5.41, 5.74) is -5.09. The van der Waals surface area contributed by atoms with Crippen molar-refractivity contribution >= 4 is 11.9 Å². The molecule has 22 N–H and O–H groups in total. The molecule has 0 aromatic rings. The third-order valence-electron chi connectivity index (χ3n) is 30.3. The van der Waals surface area contributed by atoms with Gasteiger partial charge in [0.1, 0.15) is 171 Å². The maximum Gasteiger partial charge on any atom is 0.333 e. The smallest absolute Gasteiger partial charge is 0.333 e. The minimum absolute atomic E-state index is 0.0274. The van der Waals surface area contributed by atoms with E-state index in [4.69, 9.17) is 80.5 Å². The van der Waals surface area contributed by atoms with Gasteiger partial charge in [0.25, 0.3) is 0 Å². The lowest BCUT2D eigenvalue weighted by molar-refractivity contribution is -0.401. The molecule has 4 unspecified atom stereocenters. The summed E-state index contributed by atoms with van der Waals surface area (Å²) >= 11 is 0. The number of rotatable bonds is 25. The van der Waals surface area contributed by atoms with Crippen molar-refractivity contribution < 1.29 is 202 Å². The Kier molecular flexibility index (Phi) is 30.6. The van der Waals surface area contributed by atoms with Gasteiger partial charge >= 0.3 is 11.9 Å². The highest BCUT2D eigenvalue weighted by atomic mass is 16.8. The van der Waals surface area contributed by atoms with Crippen molar-refractivity contribution in [1.82, 2.24) is 0 Å². The zero-order valence-corrected chi connectivity index (χ0v) is 71.9. The number of carbonyl (C=O) groups is 2. The van der Waals surface area contributed by atoms with Crippen molar-refractivity contribution in [3.63, 3.8) is 0 Å². The van der Waals surface area contributed by atoms with Crippen LogP contribution in [0.25, 0.3) is 0 Å². The van der Waals surface area contributed by atoms with E-state index in [1.54, 1.807) is 0 Å². The summed E-state index contributed by atoms with van der Waals surface area (Å²) in [4.78, 5) is 30.2. The summed E-state index contributed by atoms with van der Waals surface area (Å²) in [7, 11) is 0. The van der Waals surface area contributed by atoms with Gasteiger partial charge in [-0.1, -0.05) is 72.3 Å². The molecule has 8 heterocycles. The number of esters is 2. The molecule has 4 saturated carbocycles. The zero-order chi connectivity index (χ0) is 91.4. The van der Waals surface area contributed by atoms with E-state index >= 15 is 4.79 Å². The lowest BCUT2D eigenvalue weighted by atomic mass is 9.33. The van der Waals surface area contributed by atoms with E-state index < -0.39 is 336 Å². The van der Waals surface area contributed by atoms with Crippen LogP contribution in [0.4, 0.5) is 0 Å². The summed E-state index contributed by atoms with van der Waals surface area (Å²) < 4.78 is 103. The molecular formula is C84H134O41. The van der Waals surface area contributed by atoms with E-state index in [1.165, 1.54) is 32.9 Å². The highest BCUT2D eigenvalue weighted by Gasteiger charge is 2.73. The Balaban J connectivity index is 0.762. The molecular weight excluding hydrogens is 1660 g/mol. The fourth-order valence-corrected chi connectivity index (χ4v) is 22.3. The van der Waals surface area contributed by atoms with E-state index in [0.29, 0.717) is 44.9 Å². The minimum atomic E-state index is -2.25. The van der Waals surface area contributed by atoms with Gasteiger partial charge < -0.3 is 193 Å². The summed E-state index contributed by atoms with van der Waals surface area (Å²) in [6.07, 6.45) is -58.3. The zero-order valence-electron chi connectivity index (χ0n) is 71.9. The van der Waals surface area contributed by atoms with Gasteiger partial charge in [-0.3, -0.25) is 4.79 Å². The molecule has 0 bridgehead atoms. The summed E-state index contributed by atoms with van der Waals surface area (Å²) in [5, 5.41) is 246. The van der Waals surface area contributed by atoms with Crippen LogP contribution < -0.4 is 0 Å². The predicted octanol–water partition coefficient (Wildman–Crippen LogP) is -5.97. The van der Waals surface area contributed by atoms with E-state index in [-0.39, 0.29) is 43.1 Å². The topological polar surface area (TPSA) is 636 Å². The molecule has 0 aromatic heterocycles. The molecule has 5 aliphatic carbocycles. The third kappa shape index (κ3) is 18.9. The molecule has 8 saturated heterocycles. The van der Waals surface area contributed by atoms with E-state index in [0.717, 1.165) is 5.57 Å². The van der Waals surface area contributed by atoms with Crippen LogP contribution in [-0.4, -0.2) is 410 Å². The first-order valence-corrected chi connectivity index (χ1v) is 43.6. The summed E-state index contributed by atoms with van der Waals surface area (Å²) in [6.45, 7) is 18.5. The Bertz CT molecular complexity index is 3710. The Hall–Kier alpha value is -3.32. The van der Waals surface area contributed by atoms with Crippen LogP contribution in [-0.2, 0) is 90.1 Å². The van der Waals surface area contributed by atoms with Crippen LogP contribution in [0.5, 0.6) is 0 Å².